The first-order valence-electron chi connectivity index (χ1n) is 13.0. The van der Waals surface area contributed by atoms with E-state index >= 15 is 0 Å². The number of unbranched alkanes of at least 4 members (excludes halogenated alkanes) is 4. The van der Waals surface area contributed by atoms with E-state index in [1.807, 2.05) is 0 Å². The number of carbonyl (C=O) groups excluding carboxylic acids is 8. The number of rotatable bonds is 10. The van der Waals surface area contributed by atoms with Gasteiger partial charge in [-0.2, -0.15) is 0 Å². The van der Waals surface area contributed by atoms with Gasteiger partial charge in [0, 0.05) is 61.7 Å². The summed E-state index contributed by atoms with van der Waals surface area (Å²) in [6.07, 6.45) is 14.2. The molecule has 12 heteroatoms. The molecule has 0 saturated carbocycles. The van der Waals surface area contributed by atoms with E-state index in [1.165, 1.54) is 64.5 Å². The van der Waals surface area contributed by atoms with E-state index < -0.39 is 23.6 Å². The fourth-order valence-electron chi connectivity index (χ4n) is 4.45. The third kappa shape index (κ3) is 6.67. The van der Waals surface area contributed by atoms with Crippen molar-refractivity contribution in [1.82, 2.24) is 9.80 Å². The molecule has 0 N–H and O–H groups in total. The highest BCUT2D eigenvalue weighted by molar-refractivity contribution is 6.30. The summed E-state index contributed by atoms with van der Waals surface area (Å²) < 4.78 is 0. The zero-order valence-electron chi connectivity index (χ0n) is 21.9. The van der Waals surface area contributed by atoms with Crippen molar-refractivity contribution in [3.8, 4) is 0 Å². The fraction of sp³-hybridized carbons (Fsp3) is 0.241. The van der Waals surface area contributed by atoms with Crippen LogP contribution < -0.4 is 9.80 Å². The maximum Gasteiger partial charge on any atom is 0.258 e. The van der Waals surface area contributed by atoms with E-state index in [0.717, 1.165) is 41.9 Å². The lowest BCUT2D eigenvalue weighted by Gasteiger charge is -2.18. The van der Waals surface area contributed by atoms with Crippen molar-refractivity contribution in [3.05, 3.63) is 72.9 Å². The van der Waals surface area contributed by atoms with Gasteiger partial charge >= 0.3 is 0 Å². The van der Waals surface area contributed by atoms with Crippen molar-refractivity contribution in [2.45, 2.75) is 32.1 Å². The van der Waals surface area contributed by atoms with Crippen molar-refractivity contribution < 1.29 is 38.4 Å². The van der Waals surface area contributed by atoms with Crippen LogP contribution in [0.3, 0.4) is 0 Å². The van der Waals surface area contributed by atoms with Gasteiger partial charge in [0.05, 0.1) is 11.4 Å². The van der Waals surface area contributed by atoms with Gasteiger partial charge in [0.25, 0.3) is 47.3 Å². The second kappa shape index (κ2) is 12.7. The van der Waals surface area contributed by atoms with Crippen LogP contribution in [-0.4, -0.2) is 70.1 Å². The van der Waals surface area contributed by atoms with Crippen molar-refractivity contribution in [3.63, 3.8) is 0 Å². The minimum absolute atomic E-state index is 0.237. The van der Waals surface area contributed by atoms with Crippen LogP contribution in [0.5, 0.6) is 0 Å². The molecule has 0 unspecified atom stereocenters. The maximum atomic E-state index is 11.6. The quantitative estimate of drug-likeness (QED) is 0.308. The number of carbonyl (C=O) groups is 8. The molecule has 0 radical (unpaired) electrons. The second-order valence-electron chi connectivity index (χ2n) is 9.30. The molecule has 0 bridgehead atoms. The molecule has 4 aliphatic heterocycles. The number of amides is 8. The largest absolute Gasteiger partial charge is 0.275 e. The molecule has 1 aromatic rings. The number of hydrogen-bond acceptors (Lipinski definition) is 8. The van der Waals surface area contributed by atoms with Crippen LogP contribution in [0.2, 0.25) is 0 Å². The first-order chi connectivity index (χ1) is 19.7. The summed E-state index contributed by atoms with van der Waals surface area (Å²) in [6.45, 7) is 0.912. The molecule has 12 nitrogen and oxygen atoms in total. The summed E-state index contributed by atoms with van der Waals surface area (Å²) in [5.74, 6) is -2.77. The average molecular weight is 559 g/mol. The van der Waals surface area contributed by atoms with Gasteiger partial charge in [0.15, 0.2) is 0 Å². The van der Waals surface area contributed by atoms with Crippen LogP contribution in [0.1, 0.15) is 32.1 Å². The lowest BCUT2D eigenvalue weighted by atomic mass is 10.1. The molecule has 4 heterocycles. The van der Waals surface area contributed by atoms with Crippen LogP contribution in [0.15, 0.2) is 72.9 Å². The van der Waals surface area contributed by atoms with Crippen LogP contribution in [0, 0.1) is 0 Å². The van der Waals surface area contributed by atoms with Crippen LogP contribution in [0.25, 0.3) is 0 Å². The van der Waals surface area contributed by atoms with E-state index in [0.29, 0.717) is 24.5 Å². The Morgan fingerprint density at radius 3 is 1.02 bits per heavy atom. The standard InChI is InChI=1S/C15H18N2O4.C14H8N2O4/c18-12-6-7-13(19)16(12)10-4-2-1-3-5-11-17-14(20)8-9-15(17)21;17-11-4-5-12(18)15(11)9-2-1-3-10(8-9)16-13(19)6-7-14(16)20/h6-9H,1-5,10-11H2;1-8H. The molecular weight excluding hydrogens is 532 g/mol. The molecule has 4 aliphatic rings. The van der Waals surface area contributed by atoms with Gasteiger partial charge in [-0.05, 0) is 31.0 Å². The minimum Gasteiger partial charge on any atom is -0.275 e. The van der Waals surface area contributed by atoms with Gasteiger partial charge in [-0.25, -0.2) is 9.80 Å². The zero-order valence-corrected chi connectivity index (χ0v) is 21.9. The maximum absolute atomic E-state index is 11.6. The first-order valence-corrected chi connectivity index (χ1v) is 13.0. The Kier molecular flexibility index (Phi) is 8.92. The van der Waals surface area contributed by atoms with Gasteiger partial charge in [-0.1, -0.05) is 25.3 Å². The van der Waals surface area contributed by atoms with Crippen molar-refractivity contribution in [1.29, 1.82) is 0 Å². The van der Waals surface area contributed by atoms with Gasteiger partial charge < -0.3 is 0 Å². The van der Waals surface area contributed by atoms with Crippen LogP contribution >= 0.6 is 0 Å². The summed E-state index contributed by atoms with van der Waals surface area (Å²) in [5, 5.41) is 0. The predicted molar refractivity (Wildman–Crippen MR) is 145 cm³/mol. The highest BCUT2D eigenvalue weighted by atomic mass is 16.2. The van der Waals surface area contributed by atoms with Gasteiger partial charge in [0.1, 0.15) is 0 Å². The number of nitrogens with zero attached hydrogens (tertiary/aromatic N) is 4. The summed E-state index contributed by atoms with van der Waals surface area (Å²) in [6, 6.07) is 6.14. The van der Waals surface area contributed by atoms with Crippen molar-refractivity contribution >= 4 is 58.6 Å². The number of benzene rings is 1. The monoisotopic (exact) mass is 558 g/mol. The van der Waals surface area contributed by atoms with E-state index in [1.54, 1.807) is 18.2 Å². The molecule has 8 amide bonds. The van der Waals surface area contributed by atoms with Crippen LogP contribution in [0.4, 0.5) is 11.4 Å². The number of hydrogen-bond donors (Lipinski definition) is 0. The summed E-state index contributed by atoms with van der Waals surface area (Å²) in [5.41, 5.74) is 0.630. The molecule has 0 aromatic heterocycles. The summed E-state index contributed by atoms with van der Waals surface area (Å²) >= 11 is 0. The van der Waals surface area contributed by atoms with E-state index in [9.17, 15) is 38.4 Å². The molecule has 210 valence electrons. The molecule has 0 spiro atoms. The van der Waals surface area contributed by atoms with Gasteiger partial charge in [-0.3, -0.25) is 48.2 Å². The SMILES string of the molecule is O=C1C=CC(=O)N1CCCCCCCN1C(=O)C=CC1=O.O=C1C=CC(=O)N1c1cccc(N2C(=O)C=CC2=O)c1. The Bertz CT molecular complexity index is 1280. The normalized spacial score (nSPS) is 17.8. The minimum atomic E-state index is -0.454. The lowest BCUT2D eigenvalue weighted by Crippen LogP contribution is -2.31. The average Bonchev–Trinajstić information content (AvgIpc) is 3.67. The molecule has 0 saturated heterocycles. The Morgan fingerprint density at radius 2 is 0.683 bits per heavy atom. The van der Waals surface area contributed by atoms with Gasteiger partial charge in [0.2, 0.25) is 0 Å². The van der Waals surface area contributed by atoms with E-state index in [-0.39, 0.29) is 23.6 Å². The third-order valence-corrected chi connectivity index (χ3v) is 6.53. The highest BCUT2D eigenvalue weighted by Crippen LogP contribution is 2.26. The molecular formula is C29H26N4O8. The predicted octanol–water partition coefficient (Wildman–Crippen LogP) is 1.33. The second-order valence-corrected chi connectivity index (χ2v) is 9.30. The lowest BCUT2D eigenvalue weighted by molar-refractivity contribution is -0.138. The Balaban J connectivity index is 0.000000189. The third-order valence-electron chi connectivity index (χ3n) is 6.53. The Hall–Kier alpha value is -5.26. The van der Waals surface area contributed by atoms with Crippen molar-refractivity contribution in [2.24, 2.45) is 0 Å². The number of imide groups is 4. The van der Waals surface area contributed by atoms with Crippen LogP contribution in [-0.2, 0) is 38.4 Å². The molecule has 41 heavy (non-hydrogen) atoms. The number of anilines is 2. The van der Waals surface area contributed by atoms with Crippen molar-refractivity contribution in [2.75, 3.05) is 22.9 Å². The smallest absolute Gasteiger partial charge is 0.258 e. The molecule has 0 fully saturated rings. The Morgan fingerprint density at radius 1 is 0.390 bits per heavy atom. The topological polar surface area (TPSA) is 150 Å². The summed E-state index contributed by atoms with van der Waals surface area (Å²) in [7, 11) is 0. The molecule has 1 aromatic carbocycles. The summed E-state index contributed by atoms with van der Waals surface area (Å²) in [4.78, 5) is 96.1. The zero-order chi connectivity index (χ0) is 29.5. The molecule has 0 aliphatic carbocycles. The first kappa shape index (κ1) is 28.7. The molecule has 5 rings (SSSR count). The van der Waals surface area contributed by atoms with E-state index in [2.05, 4.69) is 0 Å². The van der Waals surface area contributed by atoms with Gasteiger partial charge in [-0.15, -0.1) is 0 Å². The fourth-order valence-corrected chi connectivity index (χ4v) is 4.45. The highest BCUT2D eigenvalue weighted by Gasteiger charge is 2.29. The molecule has 0 atom stereocenters. The Labute approximate surface area is 234 Å². The van der Waals surface area contributed by atoms with E-state index in [4.69, 9.17) is 0 Å².